The molecule has 0 aromatic heterocycles. The third-order valence-electron chi connectivity index (χ3n) is 2.93. The van der Waals surface area contributed by atoms with Crippen LogP contribution in [0.1, 0.15) is 15.9 Å². The van der Waals surface area contributed by atoms with Gasteiger partial charge in [-0.25, -0.2) is 13.6 Å². The van der Waals surface area contributed by atoms with E-state index in [1.165, 1.54) is 6.07 Å². The number of benzene rings is 2. The molecule has 0 aliphatic rings. The third kappa shape index (κ3) is 3.86. The van der Waals surface area contributed by atoms with Crippen molar-refractivity contribution in [1.29, 1.82) is 0 Å². The Morgan fingerprint density at radius 3 is 2.55 bits per heavy atom. The van der Waals surface area contributed by atoms with Gasteiger partial charge in [0.05, 0.1) is 15.5 Å². The number of nitrogens with two attached hydrogens (primary N) is 1. The lowest BCUT2D eigenvalue weighted by molar-refractivity contribution is 0.102. The fraction of sp³-hybridized carbons (Fsp3) is 0.0714. The van der Waals surface area contributed by atoms with Gasteiger partial charge in [0.1, 0.15) is 0 Å². The summed E-state index contributed by atoms with van der Waals surface area (Å²) in [6.07, 6.45) is 0. The van der Waals surface area contributed by atoms with E-state index in [1.54, 1.807) is 37.3 Å². The molecule has 2 aromatic rings. The van der Waals surface area contributed by atoms with Gasteiger partial charge in [0, 0.05) is 10.2 Å². The van der Waals surface area contributed by atoms with E-state index in [0.29, 0.717) is 20.7 Å². The Labute approximate surface area is 141 Å². The Kier molecular flexibility index (Phi) is 4.91. The number of rotatable bonds is 3. The van der Waals surface area contributed by atoms with E-state index in [9.17, 15) is 13.2 Å². The molecule has 116 valence electrons. The molecule has 2 rings (SSSR count). The lowest BCUT2D eigenvalue weighted by atomic mass is 10.2. The molecule has 0 bridgehead atoms. The SMILES string of the molecule is Cc1ccc(NC(=O)c2cc(Br)ccc2Cl)cc1S(N)(=O)=O. The molecule has 3 N–H and O–H groups in total. The van der Waals surface area contributed by atoms with Crippen LogP contribution >= 0.6 is 27.5 Å². The maximum atomic E-state index is 12.2. The van der Waals surface area contributed by atoms with Gasteiger partial charge in [-0.2, -0.15) is 0 Å². The van der Waals surface area contributed by atoms with E-state index in [2.05, 4.69) is 21.2 Å². The van der Waals surface area contributed by atoms with Crippen LogP contribution in [0.2, 0.25) is 5.02 Å². The second-order valence-corrected chi connectivity index (χ2v) is 7.46. The van der Waals surface area contributed by atoms with Gasteiger partial charge >= 0.3 is 0 Å². The molecule has 2 aromatic carbocycles. The fourth-order valence-corrected chi connectivity index (χ4v) is 3.23. The molecule has 0 heterocycles. The van der Waals surface area contributed by atoms with Crippen LogP contribution in [0, 0.1) is 6.92 Å². The number of aryl methyl sites for hydroxylation is 1. The molecule has 0 atom stereocenters. The summed E-state index contributed by atoms with van der Waals surface area (Å²) < 4.78 is 23.7. The molecule has 0 aliphatic heterocycles. The maximum absolute atomic E-state index is 12.2. The van der Waals surface area contributed by atoms with Gasteiger partial charge in [-0.1, -0.05) is 33.6 Å². The predicted octanol–water partition coefficient (Wildman–Crippen LogP) is 3.31. The second kappa shape index (κ2) is 6.37. The summed E-state index contributed by atoms with van der Waals surface area (Å²) in [5.41, 5.74) is 1.09. The minimum absolute atomic E-state index is 0.0364. The molecule has 8 heteroatoms. The summed E-state index contributed by atoms with van der Waals surface area (Å²) in [5, 5.41) is 8.04. The van der Waals surface area contributed by atoms with Gasteiger partial charge in [0.25, 0.3) is 5.91 Å². The van der Waals surface area contributed by atoms with Crippen molar-refractivity contribution in [3.63, 3.8) is 0 Å². The van der Waals surface area contributed by atoms with Crippen LogP contribution in [-0.2, 0) is 10.0 Å². The zero-order chi connectivity index (χ0) is 16.5. The van der Waals surface area contributed by atoms with E-state index in [-0.39, 0.29) is 10.5 Å². The second-order valence-electron chi connectivity index (χ2n) is 4.60. The molecule has 0 fully saturated rings. The Hall–Kier alpha value is -1.41. The maximum Gasteiger partial charge on any atom is 0.257 e. The summed E-state index contributed by atoms with van der Waals surface area (Å²) in [6, 6.07) is 9.35. The Balaban J connectivity index is 2.35. The molecular weight excluding hydrogens is 392 g/mol. The van der Waals surface area contributed by atoms with Gasteiger partial charge in [-0.15, -0.1) is 0 Å². The number of anilines is 1. The average molecular weight is 404 g/mol. The number of carbonyl (C=O) groups is 1. The van der Waals surface area contributed by atoms with Gasteiger partial charge < -0.3 is 5.32 Å². The number of halogens is 2. The van der Waals surface area contributed by atoms with Crippen molar-refractivity contribution in [3.05, 3.63) is 57.0 Å². The van der Waals surface area contributed by atoms with E-state index in [0.717, 1.165) is 0 Å². The first-order valence-corrected chi connectivity index (χ1v) is 8.80. The molecule has 0 aliphatic carbocycles. The Bertz CT molecular complexity index is 853. The van der Waals surface area contributed by atoms with Crippen molar-refractivity contribution in [3.8, 4) is 0 Å². The van der Waals surface area contributed by atoms with Crippen molar-refractivity contribution in [1.82, 2.24) is 0 Å². The summed E-state index contributed by atoms with van der Waals surface area (Å²) in [7, 11) is -3.86. The Morgan fingerprint density at radius 2 is 1.91 bits per heavy atom. The quantitative estimate of drug-likeness (QED) is 0.824. The van der Waals surface area contributed by atoms with Crippen molar-refractivity contribution in [2.24, 2.45) is 5.14 Å². The lowest BCUT2D eigenvalue weighted by Crippen LogP contribution is -2.16. The van der Waals surface area contributed by atoms with Crippen LogP contribution in [-0.4, -0.2) is 14.3 Å². The normalized spacial score (nSPS) is 11.3. The monoisotopic (exact) mass is 402 g/mol. The van der Waals surface area contributed by atoms with E-state index in [1.807, 2.05) is 0 Å². The largest absolute Gasteiger partial charge is 0.322 e. The van der Waals surface area contributed by atoms with Gasteiger partial charge in [-0.05, 0) is 42.8 Å². The highest BCUT2D eigenvalue weighted by Gasteiger charge is 2.15. The molecular formula is C14H12BrClN2O3S. The van der Waals surface area contributed by atoms with Crippen LogP contribution < -0.4 is 10.5 Å². The van der Waals surface area contributed by atoms with Crippen molar-refractivity contribution >= 4 is 49.1 Å². The van der Waals surface area contributed by atoms with Crippen molar-refractivity contribution in [2.75, 3.05) is 5.32 Å². The highest BCUT2D eigenvalue weighted by molar-refractivity contribution is 9.10. The molecule has 5 nitrogen and oxygen atoms in total. The first-order valence-electron chi connectivity index (χ1n) is 6.08. The fourth-order valence-electron chi connectivity index (χ4n) is 1.85. The van der Waals surface area contributed by atoms with Crippen molar-refractivity contribution < 1.29 is 13.2 Å². The number of carbonyl (C=O) groups excluding carboxylic acids is 1. The number of nitrogens with one attached hydrogen (secondary N) is 1. The molecule has 22 heavy (non-hydrogen) atoms. The number of primary sulfonamides is 1. The van der Waals surface area contributed by atoms with Gasteiger partial charge in [-0.3, -0.25) is 4.79 Å². The zero-order valence-electron chi connectivity index (χ0n) is 11.4. The molecule has 0 radical (unpaired) electrons. The summed E-state index contributed by atoms with van der Waals surface area (Å²) in [6.45, 7) is 1.62. The van der Waals surface area contributed by atoms with Crippen LogP contribution in [0.5, 0.6) is 0 Å². The highest BCUT2D eigenvalue weighted by atomic mass is 79.9. The standard InChI is InChI=1S/C14H12BrClN2O3S/c1-8-2-4-10(7-13(8)22(17,20)21)18-14(19)11-6-9(15)3-5-12(11)16/h2-7H,1H3,(H,18,19)(H2,17,20,21). The molecule has 0 spiro atoms. The van der Waals surface area contributed by atoms with E-state index >= 15 is 0 Å². The minimum atomic E-state index is -3.86. The topological polar surface area (TPSA) is 89.3 Å². The molecule has 1 amide bonds. The first kappa shape index (κ1) is 17.0. The minimum Gasteiger partial charge on any atom is -0.322 e. The van der Waals surface area contributed by atoms with Crippen LogP contribution in [0.15, 0.2) is 45.8 Å². The first-order chi connectivity index (χ1) is 10.2. The highest BCUT2D eigenvalue weighted by Crippen LogP contribution is 2.23. The third-order valence-corrected chi connectivity index (χ3v) is 4.80. The summed E-state index contributed by atoms with van der Waals surface area (Å²) >= 11 is 9.25. The molecule has 0 saturated heterocycles. The van der Waals surface area contributed by atoms with E-state index < -0.39 is 15.9 Å². The number of hydrogen-bond donors (Lipinski definition) is 2. The van der Waals surface area contributed by atoms with Crippen LogP contribution in [0.4, 0.5) is 5.69 Å². The van der Waals surface area contributed by atoms with Crippen LogP contribution in [0.3, 0.4) is 0 Å². The van der Waals surface area contributed by atoms with Gasteiger partial charge in [0.15, 0.2) is 0 Å². The zero-order valence-corrected chi connectivity index (χ0v) is 14.6. The van der Waals surface area contributed by atoms with E-state index in [4.69, 9.17) is 16.7 Å². The van der Waals surface area contributed by atoms with Gasteiger partial charge in [0.2, 0.25) is 10.0 Å². The number of amides is 1. The summed E-state index contributed by atoms with van der Waals surface area (Å²) in [5.74, 6) is -0.449. The lowest BCUT2D eigenvalue weighted by Gasteiger charge is -2.10. The van der Waals surface area contributed by atoms with Crippen molar-refractivity contribution in [2.45, 2.75) is 11.8 Å². The van der Waals surface area contributed by atoms with Crippen LogP contribution in [0.25, 0.3) is 0 Å². The predicted molar refractivity (Wildman–Crippen MR) is 89.7 cm³/mol. The average Bonchev–Trinajstić information content (AvgIpc) is 2.42. The number of hydrogen-bond acceptors (Lipinski definition) is 3. The molecule has 0 unspecified atom stereocenters. The Morgan fingerprint density at radius 1 is 1.23 bits per heavy atom. The summed E-state index contributed by atoms with van der Waals surface area (Å²) in [4.78, 5) is 12.2. The molecule has 0 saturated carbocycles. The number of sulfonamides is 1. The smallest absolute Gasteiger partial charge is 0.257 e.